The molecule has 1 aromatic heterocycles. The molecular weight excluding hydrogens is 208 g/mol. The first-order valence-corrected chi connectivity index (χ1v) is 5.42. The molecule has 1 amide bonds. The van der Waals surface area contributed by atoms with Crippen molar-refractivity contribution in [3.8, 4) is 0 Å². The molecule has 6 heteroatoms. The predicted octanol–water partition coefficient (Wildman–Crippen LogP) is 0.865. The molecule has 16 heavy (non-hydrogen) atoms. The monoisotopic (exact) mass is 226 g/mol. The van der Waals surface area contributed by atoms with Crippen LogP contribution >= 0.6 is 0 Å². The topological polar surface area (TPSA) is 94.0 Å². The fourth-order valence-electron chi connectivity index (χ4n) is 1.33. The normalized spacial score (nSPS) is 12.8. The molecule has 0 aromatic carbocycles. The van der Waals surface area contributed by atoms with Crippen LogP contribution in [0.5, 0.6) is 0 Å². The van der Waals surface area contributed by atoms with E-state index in [1.807, 2.05) is 6.92 Å². The van der Waals surface area contributed by atoms with Gasteiger partial charge in [0.05, 0.1) is 6.04 Å². The average Bonchev–Trinajstić information content (AvgIpc) is 2.65. The van der Waals surface area contributed by atoms with E-state index in [1.54, 1.807) is 0 Å². The van der Waals surface area contributed by atoms with Crippen LogP contribution in [-0.2, 0) is 0 Å². The molecular formula is C10H18N4O2. The van der Waals surface area contributed by atoms with Gasteiger partial charge in [-0.25, -0.2) is 0 Å². The van der Waals surface area contributed by atoms with E-state index in [0.29, 0.717) is 18.4 Å². The lowest BCUT2D eigenvalue weighted by Gasteiger charge is -2.08. The number of nitrogens with two attached hydrogens (primary N) is 1. The molecule has 0 aliphatic heterocycles. The minimum absolute atomic E-state index is 0.0380. The van der Waals surface area contributed by atoms with Gasteiger partial charge in [0.2, 0.25) is 5.89 Å². The lowest BCUT2D eigenvalue weighted by molar-refractivity contribution is 0.0942. The molecule has 0 radical (unpaired) electrons. The van der Waals surface area contributed by atoms with Crippen molar-refractivity contribution in [1.29, 1.82) is 0 Å². The van der Waals surface area contributed by atoms with Gasteiger partial charge in [0.1, 0.15) is 0 Å². The van der Waals surface area contributed by atoms with Gasteiger partial charge in [-0.2, -0.15) is 4.98 Å². The Labute approximate surface area is 94.6 Å². The van der Waals surface area contributed by atoms with Crippen molar-refractivity contribution in [3.05, 3.63) is 11.7 Å². The second-order valence-electron chi connectivity index (χ2n) is 4.05. The molecule has 1 atom stereocenters. The molecule has 90 valence electrons. The van der Waals surface area contributed by atoms with Crippen molar-refractivity contribution < 1.29 is 9.32 Å². The molecule has 0 unspecified atom stereocenters. The third kappa shape index (κ3) is 3.30. The van der Waals surface area contributed by atoms with E-state index in [9.17, 15) is 4.79 Å². The standard InChI is InChI=1S/C10H18N4O2/c1-4-12-9(15)8-13-10(16-14-8)7(11)5-6(2)3/h6-7H,4-5,11H2,1-3H3,(H,12,15)/t7-/m1/s1. The van der Waals surface area contributed by atoms with Gasteiger partial charge < -0.3 is 15.6 Å². The first kappa shape index (κ1) is 12.6. The van der Waals surface area contributed by atoms with E-state index in [-0.39, 0.29) is 17.8 Å². The molecule has 3 N–H and O–H groups in total. The summed E-state index contributed by atoms with van der Waals surface area (Å²) in [6.45, 7) is 6.46. The van der Waals surface area contributed by atoms with Crippen LogP contribution in [0.1, 0.15) is 49.7 Å². The fraction of sp³-hybridized carbons (Fsp3) is 0.700. The number of nitrogens with zero attached hydrogens (tertiary/aromatic N) is 2. The van der Waals surface area contributed by atoms with Gasteiger partial charge in [-0.05, 0) is 19.3 Å². The second-order valence-corrected chi connectivity index (χ2v) is 4.05. The summed E-state index contributed by atoms with van der Waals surface area (Å²) in [6.07, 6.45) is 0.747. The summed E-state index contributed by atoms with van der Waals surface area (Å²) in [5, 5.41) is 6.18. The Morgan fingerprint density at radius 2 is 2.25 bits per heavy atom. The van der Waals surface area contributed by atoms with Gasteiger partial charge in [0.15, 0.2) is 0 Å². The van der Waals surface area contributed by atoms with Crippen molar-refractivity contribution in [2.24, 2.45) is 11.7 Å². The van der Waals surface area contributed by atoms with Crippen LogP contribution < -0.4 is 11.1 Å². The van der Waals surface area contributed by atoms with E-state index in [2.05, 4.69) is 29.3 Å². The molecule has 0 saturated carbocycles. The highest BCUT2D eigenvalue weighted by molar-refractivity contribution is 5.90. The van der Waals surface area contributed by atoms with Crippen molar-refractivity contribution in [2.75, 3.05) is 6.54 Å². The number of amides is 1. The van der Waals surface area contributed by atoms with Crippen molar-refractivity contribution in [2.45, 2.75) is 33.2 Å². The summed E-state index contributed by atoms with van der Waals surface area (Å²) >= 11 is 0. The molecule has 6 nitrogen and oxygen atoms in total. The van der Waals surface area contributed by atoms with Crippen molar-refractivity contribution in [3.63, 3.8) is 0 Å². The van der Waals surface area contributed by atoms with E-state index in [0.717, 1.165) is 6.42 Å². The highest BCUT2D eigenvalue weighted by atomic mass is 16.5. The van der Waals surface area contributed by atoms with Crippen LogP contribution in [0.4, 0.5) is 0 Å². The summed E-state index contributed by atoms with van der Waals surface area (Å²) in [4.78, 5) is 15.3. The summed E-state index contributed by atoms with van der Waals surface area (Å²) in [7, 11) is 0. The molecule has 0 aliphatic carbocycles. The van der Waals surface area contributed by atoms with E-state index >= 15 is 0 Å². The maximum atomic E-state index is 11.4. The van der Waals surface area contributed by atoms with E-state index < -0.39 is 0 Å². The molecule has 0 saturated heterocycles. The zero-order valence-electron chi connectivity index (χ0n) is 9.86. The van der Waals surface area contributed by atoms with E-state index in [1.165, 1.54) is 0 Å². The van der Waals surface area contributed by atoms with Crippen LogP contribution in [0.25, 0.3) is 0 Å². The number of carbonyl (C=O) groups excluding carboxylic acids is 1. The van der Waals surface area contributed by atoms with E-state index in [4.69, 9.17) is 10.3 Å². The number of nitrogens with one attached hydrogen (secondary N) is 1. The number of hydrogen-bond donors (Lipinski definition) is 2. The molecule has 0 fully saturated rings. The number of hydrogen-bond acceptors (Lipinski definition) is 5. The average molecular weight is 226 g/mol. The second kappa shape index (κ2) is 5.60. The fourth-order valence-corrected chi connectivity index (χ4v) is 1.33. The third-order valence-electron chi connectivity index (χ3n) is 2.02. The smallest absolute Gasteiger partial charge is 0.292 e. The summed E-state index contributed by atoms with van der Waals surface area (Å²) in [6, 6.07) is -0.310. The Balaban J connectivity index is 2.67. The van der Waals surface area contributed by atoms with Crippen molar-refractivity contribution in [1.82, 2.24) is 15.5 Å². The minimum Gasteiger partial charge on any atom is -0.349 e. The van der Waals surface area contributed by atoms with Crippen LogP contribution in [0.15, 0.2) is 4.52 Å². The largest absolute Gasteiger partial charge is 0.349 e. The Bertz CT molecular complexity index is 348. The molecule has 0 spiro atoms. The molecule has 1 rings (SSSR count). The Morgan fingerprint density at radius 3 is 2.81 bits per heavy atom. The van der Waals surface area contributed by atoms with Gasteiger partial charge in [0, 0.05) is 6.54 Å². The quantitative estimate of drug-likeness (QED) is 0.776. The van der Waals surface area contributed by atoms with Gasteiger partial charge in [-0.15, -0.1) is 0 Å². The highest BCUT2D eigenvalue weighted by Gasteiger charge is 2.19. The Morgan fingerprint density at radius 1 is 1.56 bits per heavy atom. The third-order valence-corrected chi connectivity index (χ3v) is 2.02. The Hall–Kier alpha value is -1.43. The van der Waals surface area contributed by atoms with Gasteiger partial charge >= 0.3 is 0 Å². The van der Waals surface area contributed by atoms with Gasteiger partial charge in [-0.1, -0.05) is 19.0 Å². The molecule has 0 bridgehead atoms. The lowest BCUT2D eigenvalue weighted by atomic mass is 10.0. The minimum atomic E-state index is -0.339. The maximum Gasteiger partial charge on any atom is 0.292 e. The zero-order valence-corrected chi connectivity index (χ0v) is 9.86. The van der Waals surface area contributed by atoms with Crippen molar-refractivity contribution >= 4 is 5.91 Å². The summed E-state index contributed by atoms with van der Waals surface area (Å²) in [5.74, 6) is 0.454. The lowest BCUT2D eigenvalue weighted by Crippen LogP contribution is -2.24. The van der Waals surface area contributed by atoms with Crippen LogP contribution in [0, 0.1) is 5.92 Å². The Kier molecular flexibility index (Phi) is 4.42. The van der Waals surface area contributed by atoms with Gasteiger partial charge in [-0.3, -0.25) is 4.79 Å². The van der Waals surface area contributed by atoms with Gasteiger partial charge in [0.25, 0.3) is 11.7 Å². The molecule has 0 aliphatic rings. The predicted molar refractivity (Wildman–Crippen MR) is 58.7 cm³/mol. The maximum absolute atomic E-state index is 11.4. The zero-order chi connectivity index (χ0) is 12.1. The molecule has 1 aromatic rings. The number of aromatic nitrogens is 2. The highest BCUT2D eigenvalue weighted by Crippen LogP contribution is 2.16. The molecule has 1 heterocycles. The number of rotatable bonds is 5. The first-order chi connectivity index (χ1) is 7.54. The first-order valence-electron chi connectivity index (χ1n) is 5.42. The SMILES string of the molecule is CCNC(=O)c1noc([C@H](N)CC(C)C)n1. The summed E-state index contributed by atoms with van der Waals surface area (Å²) in [5.41, 5.74) is 5.86. The summed E-state index contributed by atoms with van der Waals surface area (Å²) < 4.78 is 4.95. The van der Waals surface area contributed by atoms with Crippen LogP contribution in [-0.4, -0.2) is 22.6 Å². The van der Waals surface area contributed by atoms with Crippen LogP contribution in [0.3, 0.4) is 0 Å². The number of carbonyl (C=O) groups is 1. The van der Waals surface area contributed by atoms with Crippen LogP contribution in [0.2, 0.25) is 0 Å².